The van der Waals surface area contributed by atoms with Gasteiger partial charge in [-0.25, -0.2) is 4.98 Å². The van der Waals surface area contributed by atoms with Crippen molar-refractivity contribution in [3.05, 3.63) is 29.5 Å². The zero-order valence-corrected chi connectivity index (χ0v) is 12.9. The summed E-state index contributed by atoms with van der Waals surface area (Å²) in [6.45, 7) is 5.08. The maximum atomic E-state index is 12.1. The zero-order chi connectivity index (χ0) is 14.7. The van der Waals surface area contributed by atoms with Crippen LogP contribution in [-0.4, -0.2) is 41.5 Å². The Morgan fingerprint density at radius 2 is 2.33 bits per heavy atom. The Hall–Kier alpha value is -1.66. The summed E-state index contributed by atoms with van der Waals surface area (Å²) < 4.78 is 5.29. The summed E-state index contributed by atoms with van der Waals surface area (Å²) in [7, 11) is 0. The highest BCUT2D eigenvalue weighted by Crippen LogP contribution is 2.23. The quantitative estimate of drug-likeness (QED) is 0.922. The topological polar surface area (TPSA) is 58.4 Å². The van der Waals surface area contributed by atoms with E-state index < -0.39 is 0 Å². The van der Waals surface area contributed by atoms with Crippen LogP contribution in [-0.2, 0) is 0 Å². The third kappa shape index (κ3) is 3.33. The van der Waals surface area contributed by atoms with E-state index in [1.54, 1.807) is 11.6 Å². The smallest absolute Gasteiger partial charge is 0.270 e. The molecular weight excluding hydrogens is 286 g/mol. The minimum Gasteiger partial charge on any atom is -0.462 e. The Morgan fingerprint density at radius 3 is 3.05 bits per heavy atom. The van der Waals surface area contributed by atoms with Gasteiger partial charge < -0.3 is 9.73 Å². The predicted molar refractivity (Wildman–Crippen MR) is 82.4 cm³/mol. The maximum Gasteiger partial charge on any atom is 0.270 e. The second kappa shape index (κ2) is 6.41. The van der Waals surface area contributed by atoms with E-state index >= 15 is 0 Å². The summed E-state index contributed by atoms with van der Waals surface area (Å²) in [5.41, 5.74) is 0.458. The zero-order valence-electron chi connectivity index (χ0n) is 12.0. The van der Waals surface area contributed by atoms with Gasteiger partial charge in [0.05, 0.1) is 6.26 Å². The summed E-state index contributed by atoms with van der Waals surface area (Å²) in [5, 5.41) is 5.47. The van der Waals surface area contributed by atoms with E-state index in [-0.39, 0.29) is 5.91 Å². The molecule has 0 aromatic carbocycles. The monoisotopic (exact) mass is 305 g/mol. The van der Waals surface area contributed by atoms with Gasteiger partial charge in [-0.15, -0.1) is 11.3 Å². The Balaban J connectivity index is 1.55. The lowest BCUT2D eigenvalue weighted by Gasteiger charge is -2.23. The molecule has 1 saturated heterocycles. The number of carbonyl (C=O) groups is 1. The van der Waals surface area contributed by atoms with Crippen LogP contribution in [0.15, 0.2) is 28.2 Å². The molecule has 3 rings (SSSR count). The van der Waals surface area contributed by atoms with Crippen molar-refractivity contribution < 1.29 is 9.21 Å². The number of amides is 1. The van der Waals surface area contributed by atoms with E-state index in [4.69, 9.17) is 4.42 Å². The number of thiazole rings is 1. The fraction of sp³-hybridized carbons (Fsp3) is 0.467. The molecule has 6 heteroatoms. The van der Waals surface area contributed by atoms with Gasteiger partial charge in [-0.2, -0.15) is 0 Å². The SMILES string of the molecule is C[C@H](CNC(=O)c1csc(-c2ccco2)n1)N1CCCC1. The number of rotatable bonds is 5. The van der Waals surface area contributed by atoms with Crippen LogP contribution in [0.3, 0.4) is 0 Å². The first-order valence-corrected chi connectivity index (χ1v) is 8.13. The minimum atomic E-state index is -0.116. The number of hydrogen-bond acceptors (Lipinski definition) is 5. The number of furan rings is 1. The van der Waals surface area contributed by atoms with Crippen molar-refractivity contribution in [2.75, 3.05) is 19.6 Å². The Morgan fingerprint density at radius 1 is 1.52 bits per heavy atom. The number of nitrogens with one attached hydrogen (secondary N) is 1. The molecule has 0 aliphatic carbocycles. The Kier molecular flexibility index (Phi) is 4.36. The van der Waals surface area contributed by atoms with Crippen molar-refractivity contribution in [2.45, 2.75) is 25.8 Å². The van der Waals surface area contributed by atoms with Gasteiger partial charge in [0.2, 0.25) is 0 Å². The van der Waals surface area contributed by atoms with Gasteiger partial charge in [0.1, 0.15) is 5.69 Å². The third-order valence-electron chi connectivity index (χ3n) is 3.79. The van der Waals surface area contributed by atoms with Crippen molar-refractivity contribution >= 4 is 17.2 Å². The fourth-order valence-electron chi connectivity index (χ4n) is 2.53. The molecule has 0 saturated carbocycles. The van der Waals surface area contributed by atoms with Crippen LogP contribution < -0.4 is 5.32 Å². The van der Waals surface area contributed by atoms with E-state index in [0.29, 0.717) is 24.0 Å². The second-order valence-electron chi connectivity index (χ2n) is 5.32. The number of hydrogen-bond donors (Lipinski definition) is 1. The minimum absolute atomic E-state index is 0.116. The van der Waals surface area contributed by atoms with Crippen LogP contribution in [0, 0.1) is 0 Å². The predicted octanol–water partition coefficient (Wildman–Crippen LogP) is 2.62. The highest BCUT2D eigenvalue weighted by molar-refractivity contribution is 7.13. The molecule has 1 aliphatic rings. The van der Waals surface area contributed by atoms with Gasteiger partial charge in [-0.1, -0.05) is 0 Å². The summed E-state index contributed by atoms with van der Waals surface area (Å²) in [4.78, 5) is 18.9. The standard InChI is InChI=1S/C15H19N3O2S/c1-11(18-6-2-3-7-18)9-16-14(19)12-10-21-15(17-12)13-5-4-8-20-13/h4-5,8,10-11H,2-3,6-7,9H2,1H3,(H,16,19)/t11-/m1/s1. The molecule has 0 bridgehead atoms. The van der Waals surface area contributed by atoms with E-state index in [9.17, 15) is 4.79 Å². The molecule has 0 radical (unpaired) electrons. The van der Waals surface area contributed by atoms with Gasteiger partial charge in [-0.05, 0) is 45.0 Å². The molecule has 5 nitrogen and oxygen atoms in total. The summed E-state index contributed by atoms with van der Waals surface area (Å²) in [6, 6.07) is 4.03. The number of carbonyl (C=O) groups excluding carboxylic acids is 1. The normalized spacial score (nSPS) is 17.0. The summed E-state index contributed by atoms with van der Waals surface area (Å²) >= 11 is 1.42. The number of aromatic nitrogens is 1. The van der Waals surface area contributed by atoms with Crippen LogP contribution in [0.4, 0.5) is 0 Å². The first-order chi connectivity index (χ1) is 10.2. The van der Waals surface area contributed by atoms with Crippen molar-refractivity contribution in [1.82, 2.24) is 15.2 Å². The molecule has 1 amide bonds. The van der Waals surface area contributed by atoms with Crippen molar-refractivity contribution in [3.63, 3.8) is 0 Å². The van der Waals surface area contributed by atoms with E-state index in [0.717, 1.165) is 18.1 Å². The first kappa shape index (κ1) is 14.3. The van der Waals surface area contributed by atoms with Gasteiger partial charge in [0.15, 0.2) is 10.8 Å². The molecule has 1 N–H and O–H groups in total. The largest absolute Gasteiger partial charge is 0.462 e. The lowest BCUT2D eigenvalue weighted by molar-refractivity contribution is 0.0936. The second-order valence-corrected chi connectivity index (χ2v) is 6.18. The van der Waals surface area contributed by atoms with Crippen LogP contribution in [0.2, 0.25) is 0 Å². The molecule has 2 aromatic rings. The number of nitrogens with zero attached hydrogens (tertiary/aromatic N) is 2. The van der Waals surface area contributed by atoms with Gasteiger partial charge in [0.25, 0.3) is 5.91 Å². The average molecular weight is 305 g/mol. The molecule has 2 aromatic heterocycles. The van der Waals surface area contributed by atoms with Crippen LogP contribution in [0.5, 0.6) is 0 Å². The van der Waals surface area contributed by atoms with Crippen molar-refractivity contribution in [3.8, 4) is 10.8 Å². The Bertz CT molecular complexity index is 588. The molecule has 1 atom stereocenters. The summed E-state index contributed by atoms with van der Waals surface area (Å²) in [5.74, 6) is 0.583. The third-order valence-corrected chi connectivity index (χ3v) is 4.65. The van der Waals surface area contributed by atoms with E-state index in [1.807, 2.05) is 12.1 Å². The molecule has 1 aliphatic heterocycles. The molecule has 0 spiro atoms. The van der Waals surface area contributed by atoms with Gasteiger partial charge in [-0.3, -0.25) is 9.69 Å². The molecule has 3 heterocycles. The molecule has 1 fully saturated rings. The van der Waals surface area contributed by atoms with E-state index in [2.05, 4.69) is 22.1 Å². The van der Waals surface area contributed by atoms with Gasteiger partial charge >= 0.3 is 0 Å². The van der Waals surface area contributed by atoms with Crippen LogP contribution in [0.1, 0.15) is 30.3 Å². The van der Waals surface area contributed by atoms with E-state index in [1.165, 1.54) is 24.2 Å². The highest BCUT2D eigenvalue weighted by Gasteiger charge is 2.19. The van der Waals surface area contributed by atoms with Crippen LogP contribution in [0.25, 0.3) is 10.8 Å². The lowest BCUT2D eigenvalue weighted by Crippen LogP contribution is -2.40. The molecule has 0 unspecified atom stereocenters. The Labute approximate surface area is 128 Å². The van der Waals surface area contributed by atoms with Crippen molar-refractivity contribution in [1.29, 1.82) is 0 Å². The van der Waals surface area contributed by atoms with Crippen molar-refractivity contribution in [2.24, 2.45) is 0 Å². The fourth-order valence-corrected chi connectivity index (χ4v) is 3.30. The maximum absolute atomic E-state index is 12.1. The lowest BCUT2D eigenvalue weighted by atomic mass is 10.3. The first-order valence-electron chi connectivity index (χ1n) is 7.25. The van der Waals surface area contributed by atoms with Crippen LogP contribution >= 0.6 is 11.3 Å². The average Bonchev–Trinajstić information content (AvgIpc) is 3.25. The molecular formula is C15H19N3O2S. The van der Waals surface area contributed by atoms with Gasteiger partial charge in [0, 0.05) is 18.0 Å². The highest BCUT2D eigenvalue weighted by atomic mass is 32.1. The summed E-state index contributed by atoms with van der Waals surface area (Å²) in [6.07, 6.45) is 4.13. The molecule has 21 heavy (non-hydrogen) atoms. The number of likely N-dealkylation sites (tertiary alicyclic amines) is 1. The molecule has 112 valence electrons.